The first-order valence-electron chi connectivity index (χ1n) is 6.34. The minimum Gasteiger partial charge on any atom is -0.481 e. The lowest BCUT2D eigenvalue weighted by atomic mass is 10.0. The third-order valence-corrected chi connectivity index (χ3v) is 3.28. The predicted octanol–water partition coefficient (Wildman–Crippen LogP) is 0.903. The summed E-state index contributed by atoms with van der Waals surface area (Å²) >= 11 is 0. The molecule has 1 aliphatic heterocycles. The molecule has 0 unspecified atom stereocenters. The van der Waals surface area contributed by atoms with Crippen LogP contribution in [0, 0.1) is 17.2 Å². The minimum atomic E-state index is -0.784. The highest BCUT2D eigenvalue weighted by atomic mass is 16.4. The summed E-state index contributed by atoms with van der Waals surface area (Å²) in [6, 6.07) is 8.83. The Morgan fingerprint density at radius 3 is 2.75 bits per heavy atom. The second-order valence-corrected chi connectivity index (χ2v) is 4.75. The highest BCUT2D eigenvalue weighted by Gasteiger charge is 2.32. The molecule has 0 spiro atoms. The normalized spacial score (nSPS) is 15.2. The van der Waals surface area contributed by atoms with E-state index in [4.69, 9.17) is 10.4 Å². The number of carbonyl (C=O) groups is 2. The van der Waals surface area contributed by atoms with E-state index in [2.05, 4.69) is 5.32 Å². The molecule has 6 nitrogen and oxygen atoms in total. The number of anilines is 1. The summed E-state index contributed by atoms with van der Waals surface area (Å²) in [6.07, 6.45) is 0.284. The Morgan fingerprint density at radius 2 is 2.10 bits per heavy atom. The first kappa shape index (κ1) is 14.0. The standard InChI is InChI=1S/C14H15N3O3/c15-7-10-3-1-2-4-12(10)16-13(18)5-6-17-8-11(9-17)14(19)20/h1-4,11H,5-6,8-9H2,(H,16,18)(H,19,20). The summed E-state index contributed by atoms with van der Waals surface area (Å²) in [4.78, 5) is 24.3. The van der Waals surface area contributed by atoms with Gasteiger partial charge < -0.3 is 15.3 Å². The second-order valence-electron chi connectivity index (χ2n) is 4.75. The Kier molecular flexibility index (Phi) is 4.33. The summed E-state index contributed by atoms with van der Waals surface area (Å²) in [5.41, 5.74) is 0.933. The fourth-order valence-electron chi connectivity index (χ4n) is 2.07. The van der Waals surface area contributed by atoms with Crippen molar-refractivity contribution in [3.8, 4) is 6.07 Å². The van der Waals surface area contributed by atoms with E-state index in [0.29, 0.717) is 30.9 Å². The average Bonchev–Trinajstić information content (AvgIpc) is 2.37. The molecule has 0 bridgehead atoms. The number of nitrogens with zero attached hydrogens (tertiary/aromatic N) is 2. The van der Waals surface area contributed by atoms with Crippen LogP contribution in [0.5, 0.6) is 0 Å². The van der Waals surface area contributed by atoms with Crippen LogP contribution in [0.15, 0.2) is 24.3 Å². The minimum absolute atomic E-state index is 0.175. The van der Waals surface area contributed by atoms with E-state index >= 15 is 0 Å². The van der Waals surface area contributed by atoms with Crippen LogP contribution in [0.25, 0.3) is 0 Å². The van der Waals surface area contributed by atoms with Gasteiger partial charge in [0.25, 0.3) is 0 Å². The quantitative estimate of drug-likeness (QED) is 0.831. The van der Waals surface area contributed by atoms with Crippen LogP contribution in [-0.2, 0) is 9.59 Å². The van der Waals surface area contributed by atoms with Gasteiger partial charge in [0.2, 0.25) is 5.91 Å². The molecule has 1 aliphatic rings. The largest absolute Gasteiger partial charge is 0.481 e. The van der Waals surface area contributed by atoms with Crippen LogP contribution >= 0.6 is 0 Å². The van der Waals surface area contributed by atoms with Crippen LogP contribution in [0.2, 0.25) is 0 Å². The zero-order chi connectivity index (χ0) is 14.5. The van der Waals surface area contributed by atoms with E-state index in [9.17, 15) is 9.59 Å². The molecule has 0 aliphatic carbocycles. The van der Waals surface area contributed by atoms with Crippen molar-refractivity contribution in [3.05, 3.63) is 29.8 Å². The Labute approximate surface area is 116 Å². The molecule has 2 rings (SSSR count). The molecule has 0 saturated carbocycles. The molecule has 0 atom stereocenters. The number of carbonyl (C=O) groups excluding carboxylic acids is 1. The predicted molar refractivity (Wildman–Crippen MR) is 72.0 cm³/mol. The average molecular weight is 273 g/mol. The number of aliphatic carboxylic acids is 1. The molecule has 6 heteroatoms. The first-order valence-corrected chi connectivity index (χ1v) is 6.34. The topological polar surface area (TPSA) is 93.4 Å². The third-order valence-electron chi connectivity index (χ3n) is 3.28. The summed E-state index contributed by atoms with van der Waals surface area (Å²) in [6.45, 7) is 1.53. The summed E-state index contributed by atoms with van der Waals surface area (Å²) in [7, 11) is 0. The van der Waals surface area contributed by atoms with Gasteiger partial charge in [-0.15, -0.1) is 0 Å². The van der Waals surface area contributed by atoms with Crippen molar-refractivity contribution in [2.45, 2.75) is 6.42 Å². The number of nitrogens with one attached hydrogen (secondary N) is 1. The molecule has 2 N–H and O–H groups in total. The van der Waals surface area contributed by atoms with E-state index in [0.717, 1.165) is 0 Å². The van der Waals surface area contributed by atoms with Gasteiger partial charge in [-0.3, -0.25) is 9.59 Å². The van der Waals surface area contributed by atoms with Gasteiger partial charge in [0, 0.05) is 26.1 Å². The Balaban J connectivity index is 1.77. The van der Waals surface area contributed by atoms with Crippen LogP contribution in [0.4, 0.5) is 5.69 Å². The number of benzene rings is 1. The molecule has 20 heavy (non-hydrogen) atoms. The molecule has 0 aromatic heterocycles. The van der Waals surface area contributed by atoms with E-state index in [-0.39, 0.29) is 18.2 Å². The van der Waals surface area contributed by atoms with E-state index in [1.54, 1.807) is 24.3 Å². The van der Waals surface area contributed by atoms with Gasteiger partial charge in [-0.2, -0.15) is 5.26 Å². The van der Waals surface area contributed by atoms with Crippen molar-refractivity contribution in [3.63, 3.8) is 0 Å². The molecule has 0 radical (unpaired) electrons. The SMILES string of the molecule is N#Cc1ccccc1NC(=O)CCN1CC(C(=O)O)C1. The van der Waals surface area contributed by atoms with Crippen molar-refractivity contribution in [2.24, 2.45) is 5.92 Å². The van der Waals surface area contributed by atoms with E-state index < -0.39 is 5.97 Å². The smallest absolute Gasteiger partial charge is 0.309 e. The molecular weight excluding hydrogens is 258 g/mol. The number of carboxylic acids is 1. The van der Waals surface area contributed by atoms with Gasteiger partial charge >= 0.3 is 5.97 Å². The number of carboxylic acid groups (broad SMARTS) is 1. The number of likely N-dealkylation sites (tertiary alicyclic amines) is 1. The van der Waals surface area contributed by atoms with E-state index in [1.165, 1.54) is 0 Å². The molecule has 1 saturated heterocycles. The second kappa shape index (κ2) is 6.17. The van der Waals surface area contributed by atoms with Crippen LogP contribution in [0.1, 0.15) is 12.0 Å². The number of nitriles is 1. The lowest BCUT2D eigenvalue weighted by Crippen LogP contribution is -2.50. The van der Waals surface area contributed by atoms with Crippen molar-refractivity contribution in [2.75, 3.05) is 25.0 Å². The van der Waals surface area contributed by atoms with Crippen molar-refractivity contribution < 1.29 is 14.7 Å². The van der Waals surface area contributed by atoms with Gasteiger partial charge in [-0.05, 0) is 12.1 Å². The van der Waals surface area contributed by atoms with Gasteiger partial charge in [-0.1, -0.05) is 12.1 Å². The fourth-order valence-corrected chi connectivity index (χ4v) is 2.07. The van der Waals surface area contributed by atoms with Gasteiger partial charge in [-0.25, -0.2) is 0 Å². The number of hydrogen-bond acceptors (Lipinski definition) is 4. The maximum Gasteiger partial charge on any atom is 0.309 e. The summed E-state index contributed by atoms with van der Waals surface area (Å²) in [5, 5.41) is 20.4. The molecule has 1 heterocycles. The summed E-state index contributed by atoms with van der Waals surface area (Å²) in [5.74, 6) is -1.27. The number of amides is 1. The molecule has 1 aromatic rings. The molecule has 104 valence electrons. The fraction of sp³-hybridized carbons (Fsp3) is 0.357. The Morgan fingerprint density at radius 1 is 1.40 bits per heavy atom. The highest BCUT2D eigenvalue weighted by molar-refractivity contribution is 5.92. The van der Waals surface area contributed by atoms with Gasteiger partial charge in [0.1, 0.15) is 6.07 Å². The Hall–Kier alpha value is -2.39. The monoisotopic (exact) mass is 273 g/mol. The van der Waals surface area contributed by atoms with E-state index in [1.807, 2.05) is 11.0 Å². The number of para-hydroxylation sites is 1. The van der Waals surface area contributed by atoms with Gasteiger partial charge in [0.15, 0.2) is 0 Å². The maximum atomic E-state index is 11.8. The van der Waals surface area contributed by atoms with Crippen LogP contribution in [0.3, 0.4) is 0 Å². The number of rotatable bonds is 5. The van der Waals surface area contributed by atoms with Crippen molar-refractivity contribution in [1.82, 2.24) is 4.90 Å². The number of hydrogen-bond donors (Lipinski definition) is 2. The van der Waals surface area contributed by atoms with Gasteiger partial charge in [0.05, 0.1) is 17.2 Å². The zero-order valence-corrected chi connectivity index (χ0v) is 10.9. The lowest BCUT2D eigenvalue weighted by molar-refractivity contribution is -0.147. The highest BCUT2D eigenvalue weighted by Crippen LogP contribution is 2.17. The van der Waals surface area contributed by atoms with Crippen molar-refractivity contribution in [1.29, 1.82) is 5.26 Å². The molecule has 1 fully saturated rings. The zero-order valence-electron chi connectivity index (χ0n) is 10.9. The summed E-state index contributed by atoms with van der Waals surface area (Å²) < 4.78 is 0. The maximum absolute atomic E-state index is 11.8. The Bertz CT molecular complexity index is 559. The first-order chi connectivity index (χ1) is 9.60. The molecule has 1 aromatic carbocycles. The molecule has 1 amide bonds. The lowest BCUT2D eigenvalue weighted by Gasteiger charge is -2.36. The molecular formula is C14H15N3O3. The third kappa shape index (κ3) is 3.33. The van der Waals surface area contributed by atoms with Crippen LogP contribution < -0.4 is 5.32 Å². The van der Waals surface area contributed by atoms with Crippen molar-refractivity contribution >= 4 is 17.6 Å². The van der Waals surface area contributed by atoms with Crippen LogP contribution in [-0.4, -0.2) is 41.5 Å².